The molecule has 0 fully saturated rings. The summed E-state index contributed by atoms with van der Waals surface area (Å²) in [6.45, 7) is 2.17. The molecule has 0 N–H and O–H groups in total. The fraction of sp³-hybridized carbons (Fsp3) is 0.114. The number of hydrogen-bond acceptors (Lipinski definition) is 3. The van der Waals surface area contributed by atoms with Crippen molar-refractivity contribution in [1.82, 2.24) is 19.5 Å². The van der Waals surface area contributed by atoms with Gasteiger partial charge in [0.1, 0.15) is 0 Å². The second-order valence-corrected chi connectivity index (χ2v) is 12.9. The monoisotopic (exact) mass is 616 g/mol. The van der Waals surface area contributed by atoms with Gasteiger partial charge >= 0.3 is 0 Å². The van der Waals surface area contributed by atoms with E-state index in [9.17, 15) is 0 Å². The Bertz CT molecular complexity index is 2460. The fourth-order valence-corrected chi connectivity index (χ4v) is 7.19. The van der Waals surface area contributed by atoms with Crippen LogP contribution in [-0.4, -0.2) is 19.5 Å². The van der Waals surface area contributed by atoms with Gasteiger partial charge in [-0.15, -0.1) is 0 Å². The molecule has 2 atom stereocenters. The molecule has 2 unspecified atom stereocenters. The zero-order chi connectivity index (χ0) is 32.1. The van der Waals surface area contributed by atoms with Crippen molar-refractivity contribution >= 4 is 21.8 Å². The lowest BCUT2D eigenvalue weighted by atomic mass is 9.78. The van der Waals surface area contributed by atoms with Gasteiger partial charge < -0.3 is 4.57 Å². The predicted molar refractivity (Wildman–Crippen MR) is 195 cm³/mol. The van der Waals surface area contributed by atoms with Gasteiger partial charge in [0, 0.05) is 27.4 Å². The highest BCUT2D eigenvalue weighted by Crippen LogP contribution is 2.40. The van der Waals surface area contributed by atoms with Gasteiger partial charge in [-0.2, -0.15) is 0 Å². The van der Waals surface area contributed by atoms with Crippen LogP contribution in [0.3, 0.4) is 0 Å². The highest BCUT2D eigenvalue weighted by molar-refractivity contribution is 6.10. The summed E-state index contributed by atoms with van der Waals surface area (Å²) in [5.74, 6) is 9.34. The van der Waals surface area contributed by atoms with Crippen LogP contribution in [0, 0.1) is 11.8 Å². The minimum absolute atomic E-state index is 0.242. The summed E-state index contributed by atoms with van der Waals surface area (Å²) in [4.78, 5) is 15.2. The van der Waals surface area contributed by atoms with Crippen LogP contribution in [0.4, 0.5) is 0 Å². The van der Waals surface area contributed by atoms with Crippen molar-refractivity contribution in [3.05, 3.63) is 163 Å². The number of aromatic nitrogens is 4. The second-order valence-electron chi connectivity index (χ2n) is 12.9. The predicted octanol–water partition coefficient (Wildman–Crippen LogP) is 9.90. The number of para-hydroxylation sites is 1. The minimum Gasteiger partial charge on any atom is -0.332 e. The largest absolute Gasteiger partial charge is 0.332 e. The quantitative estimate of drug-likeness (QED) is 0.181. The van der Waals surface area contributed by atoms with Crippen LogP contribution < -0.4 is 0 Å². The van der Waals surface area contributed by atoms with Crippen LogP contribution in [0.15, 0.2) is 146 Å². The average Bonchev–Trinajstić information content (AvgIpc) is 3.50. The van der Waals surface area contributed by atoms with Crippen LogP contribution in [0.2, 0.25) is 0 Å². The molecule has 2 aliphatic carbocycles. The Morgan fingerprint density at radius 3 is 2.02 bits per heavy atom. The molecule has 0 saturated heterocycles. The summed E-state index contributed by atoms with van der Waals surface area (Å²) >= 11 is 0. The molecule has 0 amide bonds. The molecular weight excluding hydrogens is 585 g/mol. The molecule has 2 aliphatic rings. The maximum Gasteiger partial charge on any atom is 0.163 e. The Balaban J connectivity index is 1.18. The molecule has 48 heavy (non-hydrogen) atoms. The lowest BCUT2D eigenvalue weighted by molar-refractivity contribution is 0.563. The van der Waals surface area contributed by atoms with Crippen molar-refractivity contribution in [3.63, 3.8) is 0 Å². The molecule has 0 radical (unpaired) electrons. The molecule has 2 heterocycles. The third-order valence-corrected chi connectivity index (χ3v) is 9.67. The Hall–Kier alpha value is -6.05. The van der Waals surface area contributed by atoms with E-state index in [0.29, 0.717) is 23.9 Å². The molecule has 4 nitrogen and oxygen atoms in total. The zero-order valence-corrected chi connectivity index (χ0v) is 26.6. The molecule has 2 aromatic heterocycles. The van der Waals surface area contributed by atoms with E-state index < -0.39 is 5.41 Å². The topological polar surface area (TPSA) is 43.6 Å². The molecule has 7 aromatic rings. The van der Waals surface area contributed by atoms with Crippen LogP contribution in [0.1, 0.15) is 36.3 Å². The number of fused-ring (bicyclic) bond motifs is 5. The van der Waals surface area contributed by atoms with E-state index in [1.54, 1.807) is 0 Å². The summed E-state index contributed by atoms with van der Waals surface area (Å²) in [6, 6.07) is 42.6. The molecule has 9 rings (SSSR count). The molecule has 5 aromatic carbocycles. The summed E-state index contributed by atoms with van der Waals surface area (Å²) in [5.41, 5.74) is 8.43. The van der Waals surface area contributed by atoms with Gasteiger partial charge in [-0.25, -0.2) is 15.0 Å². The highest BCUT2D eigenvalue weighted by Gasteiger charge is 2.34. The maximum atomic E-state index is 5.14. The Kier molecular flexibility index (Phi) is 6.66. The van der Waals surface area contributed by atoms with Gasteiger partial charge in [0.15, 0.2) is 17.5 Å². The maximum absolute atomic E-state index is 5.14. The van der Waals surface area contributed by atoms with E-state index in [0.717, 1.165) is 28.7 Å². The molecule has 0 spiro atoms. The Morgan fingerprint density at radius 1 is 0.646 bits per heavy atom. The van der Waals surface area contributed by atoms with Crippen LogP contribution in [0.5, 0.6) is 0 Å². The third-order valence-electron chi connectivity index (χ3n) is 9.67. The highest BCUT2D eigenvalue weighted by atomic mass is 15.0. The smallest absolute Gasteiger partial charge is 0.163 e. The van der Waals surface area contributed by atoms with Gasteiger partial charge in [0.25, 0.3) is 0 Å². The SMILES string of the molecule is CC1(c2nc(-c3ccccc3)nc(-c3ccc(-c4ccccc4)cc3)n2)C#Cc2c(ccc3c4ccccc4n(C4C=CC=CC4)c23)C1. The molecule has 0 aliphatic heterocycles. The van der Waals surface area contributed by atoms with Crippen LogP contribution in [-0.2, 0) is 11.8 Å². The van der Waals surface area contributed by atoms with Crippen molar-refractivity contribution in [2.45, 2.75) is 31.2 Å². The molecule has 0 bridgehead atoms. The van der Waals surface area contributed by atoms with Gasteiger partial charge in [0.2, 0.25) is 0 Å². The van der Waals surface area contributed by atoms with E-state index in [-0.39, 0.29) is 6.04 Å². The first-order valence-electron chi connectivity index (χ1n) is 16.5. The number of nitrogens with zero attached hydrogens (tertiary/aromatic N) is 4. The van der Waals surface area contributed by atoms with E-state index in [2.05, 4.69) is 145 Å². The lowest BCUT2D eigenvalue weighted by Gasteiger charge is -2.27. The number of allylic oxidation sites excluding steroid dienone is 4. The summed E-state index contributed by atoms with van der Waals surface area (Å²) in [7, 11) is 0. The average molecular weight is 617 g/mol. The Morgan fingerprint density at radius 2 is 1.29 bits per heavy atom. The standard InChI is InChI=1S/C44H32N4/c1-44(28-27-36-34(29-44)25-26-38-37-19-11-12-20-39(37)48(40(36)38)35-17-9-4-10-18-35)43-46-41(32-15-7-3-8-16-32)45-42(47-43)33-23-21-31(22-24-33)30-13-5-2-6-14-30/h2-17,19-26,35H,18,29H2,1H3. The van der Waals surface area contributed by atoms with Crippen molar-refractivity contribution in [1.29, 1.82) is 0 Å². The summed E-state index contributed by atoms with van der Waals surface area (Å²) < 4.78 is 2.49. The van der Waals surface area contributed by atoms with E-state index >= 15 is 0 Å². The van der Waals surface area contributed by atoms with Crippen molar-refractivity contribution < 1.29 is 0 Å². The van der Waals surface area contributed by atoms with Gasteiger partial charge in [-0.1, -0.05) is 151 Å². The summed E-state index contributed by atoms with van der Waals surface area (Å²) in [6.07, 6.45) is 10.5. The summed E-state index contributed by atoms with van der Waals surface area (Å²) in [5, 5.41) is 2.51. The van der Waals surface area contributed by atoms with Crippen molar-refractivity contribution in [3.8, 4) is 45.7 Å². The third kappa shape index (κ3) is 4.75. The molecular formula is C44H32N4. The second kappa shape index (κ2) is 11.3. The van der Waals surface area contributed by atoms with Gasteiger partial charge in [0.05, 0.1) is 22.5 Å². The van der Waals surface area contributed by atoms with Gasteiger partial charge in [-0.05, 0) is 42.5 Å². The van der Waals surface area contributed by atoms with E-state index in [1.165, 1.54) is 32.9 Å². The van der Waals surface area contributed by atoms with Crippen LogP contribution >= 0.6 is 0 Å². The minimum atomic E-state index is -0.601. The number of rotatable bonds is 5. The fourth-order valence-electron chi connectivity index (χ4n) is 7.19. The number of benzene rings is 5. The van der Waals surface area contributed by atoms with Crippen LogP contribution in [0.25, 0.3) is 55.7 Å². The van der Waals surface area contributed by atoms with Crippen molar-refractivity contribution in [2.24, 2.45) is 0 Å². The van der Waals surface area contributed by atoms with E-state index in [4.69, 9.17) is 15.0 Å². The molecule has 4 heteroatoms. The first-order valence-corrected chi connectivity index (χ1v) is 16.5. The van der Waals surface area contributed by atoms with Gasteiger partial charge in [-0.3, -0.25) is 0 Å². The number of hydrogen-bond donors (Lipinski definition) is 0. The molecule has 228 valence electrons. The van der Waals surface area contributed by atoms with E-state index in [1.807, 2.05) is 24.3 Å². The zero-order valence-electron chi connectivity index (χ0n) is 26.6. The van der Waals surface area contributed by atoms with Crippen molar-refractivity contribution in [2.75, 3.05) is 0 Å². The normalized spacial score (nSPS) is 18.1. The first-order chi connectivity index (χ1) is 23.6. The lowest BCUT2D eigenvalue weighted by Crippen LogP contribution is -2.29. The molecule has 0 saturated carbocycles. The Labute approximate surface area is 280 Å². The first kappa shape index (κ1) is 28.2.